The summed E-state index contributed by atoms with van der Waals surface area (Å²) in [5.41, 5.74) is 0. The molecule has 0 aromatic rings. The van der Waals surface area contributed by atoms with Gasteiger partial charge in [0.15, 0.2) is 0 Å². The number of carbonyl (C=O) groups excluding carboxylic acids is 1. The predicted octanol–water partition coefficient (Wildman–Crippen LogP) is 1.22. The van der Waals surface area contributed by atoms with Crippen molar-refractivity contribution in [2.24, 2.45) is 5.92 Å². The van der Waals surface area contributed by atoms with Crippen LogP contribution in [0.3, 0.4) is 0 Å². The van der Waals surface area contributed by atoms with Crippen LogP contribution in [-0.2, 0) is 9.59 Å². The maximum atomic E-state index is 11.1. The van der Waals surface area contributed by atoms with E-state index in [2.05, 4.69) is 0 Å². The molecule has 0 aliphatic heterocycles. The third-order valence-electron chi connectivity index (χ3n) is 2.10. The van der Waals surface area contributed by atoms with Crippen LogP contribution in [0.2, 0.25) is 0 Å². The lowest BCUT2D eigenvalue weighted by Crippen LogP contribution is -2.21. The van der Waals surface area contributed by atoms with Gasteiger partial charge in [-0.25, -0.2) is 0 Å². The molecule has 0 amide bonds. The molecule has 1 rings (SSSR count). The van der Waals surface area contributed by atoms with Gasteiger partial charge in [-0.3, -0.25) is 9.59 Å². The van der Waals surface area contributed by atoms with Crippen molar-refractivity contribution in [3.05, 3.63) is 0 Å². The molecule has 1 aliphatic rings. The minimum atomic E-state index is -0.856. The molecule has 3 heteroatoms. The van der Waals surface area contributed by atoms with Crippen molar-refractivity contribution in [1.82, 2.24) is 0 Å². The van der Waals surface area contributed by atoms with Gasteiger partial charge >= 0.3 is 5.97 Å². The second-order valence-corrected chi connectivity index (χ2v) is 3.01. The van der Waals surface area contributed by atoms with E-state index in [0.29, 0.717) is 6.42 Å². The van der Waals surface area contributed by atoms with Gasteiger partial charge in [-0.1, -0.05) is 6.42 Å². The van der Waals surface area contributed by atoms with Gasteiger partial charge in [0.05, 0.1) is 6.42 Å². The summed E-state index contributed by atoms with van der Waals surface area (Å²) >= 11 is 0. The Labute approximate surface area is 65.4 Å². The Morgan fingerprint density at radius 2 is 2.27 bits per heavy atom. The number of carboxylic acids is 1. The van der Waals surface area contributed by atoms with Crippen LogP contribution in [0.25, 0.3) is 0 Å². The smallest absolute Gasteiger partial charge is 0.304 e. The van der Waals surface area contributed by atoms with E-state index in [9.17, 15) is 9.59 Å². The molecule has 0 aromatic heterocycles. The van der Waals surface area contributed by atoms with E-state index in [0.717, 1.165) is 19.3 Å². The SMILES string of the molecule is O=C(O)CC1CCCCC1=O. The highest BCUT2D eigenvalue weighted by Gasteiger charge is 2.23. The number of aliphatic carboxylic acids is 1. The molecule has 3 nitrogen and oxygen atoms in total. The monoisotopic (exact) mass is 156 g/mol. The second kappa shape index (κ2) is 3.51. The maximum Gasteiger partial charge on any atom is 0.304 e. The number of Topliss-reactive ketones (excluding diaryl/α,β-unsaturated/α-hetero) is 1. The molecule has 1 saturated carbocycles. The first-order chi connectivity index (χ1) is 5.20. The lowest BCUT2D eigenvalue weighted by molar-refractivity contribution is -0.141. The molecule has 1 fully saturated rings. The zero-order chi connectivity index (χ0) is 8.27. The van der Waals surface area contributed by atoms with Crippen molar-refractivity contribution in [2.45, 2.75) is 32.1 Å². The number of hydrogen-bond donors (Lipinski definition) is 1. The largest absolute Gasteiger partial charge is 0.481 e. The van der Waals surface area contributed by atoms with E-state index in [1.54, 1.807) is 0 Å². The molecule has 0 heterocycles. The van der Waals surface area contributed by atoms with E-state index in [-0.39, 0.29) is 18.1 Å². The molecule has 0 bridgehead atoms. The van der Waals surface area contributed by atoms with Gasteiger partial charge in [-0.2, -0.15) is 0 Å². The Balaban J connectivity index is 2.42. The van der Waals surface area contributed by atoms with Gasteiger partial charge in [-0.15, -0.1) is 0 Å². The van der Waals surface area contributed by atoms with Crippen LogP contribution < -0.4 is 0 Å². The fraction of sp³-hybridized carbons (Fsp3) is 0.750. The van der Waals surface area contributed by atoms with Gasteiger partial charge in [0.1, 0.15) is 5.78 Å². The van der Waals surface area contributed by atoms with Gasteiger partial charge in [0.2, 0.25) is 0 Å². The Morgan fingerprint density at radius 1 is 1.55 bits per heavy atom. The van der Waals surface area contributed by atoms with E-state index in [4.69, 9.17) is 5.11 Å². The molecular weight excluding hydrogens is 144 g/mol. The van der Waals surface area contributed by atoms with E-state index < -0.39 is 5.97 Å². The zero-order valence-electron chi connectivity index (χ0n) is 6.38. The molecule has 0 radical (unpaired) electrons. The Morgan fingerprint density at radius 3 is 2.82 bits per heavy atom. The van der Waals surface area contributed by atoms with Gasteiger partial charge in [0, 0.05) is 12.3 Å². The number of rotatable bonds is 2. The number of ketones is 1. The van der Waals surface area contributed by atoms with Crippen molar-refractivity contribution in [3.8, 4) is 0 Å². The van der Waals surface area contributed by atoms with Crippen LogP contribution in [0.5, 0.6) is 0 Å². The summed E-state index contributed by atoms with van der Waals surface area (Å²) in [7, 11) is 0. The van der Waals surface area contributed by atoms with Crippen LogP contribution in [0.1, 0.15) is 32.1 Å². The van der Waals surface area contributed by atoms with Crippen molar-refractivity contribution >= 4 is 11.8 Å². The summed E-state index contributed by atoms with van der Waals surface area (Å²) in [4.78, 5) is 21.3. The third kappa shape index (κ3) is 2.33. The molecular formula is C8H12O3. The van der Waals surface area contributed by atoms with Crippen molar-refractivity contribution < 1.29 is 14.7 Å². The lowest BCUT2D eigenvalue weighted by Gasteiger charge is -2.17. The molecule has 1 N–H and O–H groups in total. The first-order valence-corrected chi connectivity index (χ1v) is 3.94. The summed E-state index contributed by atoms with van der Waals surface area (Å²) in [5.74, 6) is -0.912. The van der Waals surface area contributed by atoms with Crippen LogP contribution >= 0.6 is 0 Å². The minimum absolute atomic E-state index is 0.0266. The highest BCUT2D eigenvalue weighted by Crippen LogP contribution is 2.22. The van der Waals surface area contributed by atoms with Crippen LogP contribution in [0.4, 0.5) is 0 Å². The highest BCUT2D eigenvalue weighted by atomic mass is 16.4. The van der Waals surface area contributed by atoms with Crippen LogP contribution in [0.15, 0.2) is 0 Å². The Kier molecular flexibility index (Phi) is 2.63. The van der Waals surface area contributed by atoms with E-state index >= 15 is 0 Å². The van der Waals surface area contributed by atoms with Gasteiger partial charge < -0.3 is 5.11 Å². The number of carboxylic acid groups (broad SMARTS) is 1. The van der Waals surface area contributed by atoms with Crippen molar-refractivity contribution in [3.63, 3.8) is 0 Å². The summed E-state index contributed by atoms with van der Waals surface area (Å²) in [6, 6.07) is 0. The topological polar surface area (TPSA) is 54.4 Å². The summed E-state index contributed by atoms with van der Waals surface area (Å²) in [6.07, 6.45) is 3.32. The maximum absolute atomic E-state index is 11.1. The van der Waals surface area contributed by atoms with Crippen LogP contribution in [-0.4, -0.2) is 16.9 Å². The Hall–Kier alpha value is -0.860. The highest BCUT2D eigenvalue weighted by molar-refractivity contribution is 5.85. The molecule has 62 valence electrons. The first-order valence-electron chi connectivity index (χ1n) is 3.94. The van der Waals surface area contributed by atoms with Gasteiger partial charge in [0.25, 0.3) is 0 Å². The molecule has 0 aromatic carbocycles. The summed E-state index contributed by atoms with van der Waals surface area (Å²) < 4.78 is 0. The molecule has 1 unspecified atom stereocenters. The Bertz CT molecular complexity index is 174. The lowest BCUT2D eigenvalue weighted by atomic mass is 9.86. The van der Waals surface area contributed by atoms with Crippen molar-refractivity contribution in [2.75, 3.05) is 0 Å². The fourth-order valence-electron chi connectivity index (χ4n) is 1.48. The van der Waals surface area contributed by atoms with E-state index in [1.165, 1.54) is 0 Å². The standard InChI is InChI=1S/C8H12O3/c9-7-4-2-1-3-6(7)5-8(10)11/h6H,1-5H2,(H,10,11). The quantitative estimate of drug-likeness (QED) is 0.654. The number of carbonyl (C=O) groups is 2. The fourth-order valence-corrected chi connectivity index (χ4v) is 1.48. The summed E-state index contributed by atoms with van der Waals surface area (Å²) in [6.45, 7) is 0. The predicted molar refractivity (Wildman–Crippen MR) is 39.2 cm³/mol. The third-order valence-corrected chi connectivity index (χ3v) is 2.10. The molecule has 0 saturated heterocycles. The average Bonchev–Trinajstić information content (AvgIpc) is 1.93. The second-order valence-electron chi connectivity index (χ2n) is 3.01. The normalized spacial score (nSPS) is 25.1. The molecule has 1 aliphatic carbocycles. The average molecular weight is 156 g/mol. The van der Waals surface area contributed by atoms with Crippen LogP contribution in [0, 0.1) is 5.92 Å². The first kappa shape index (κ1) is 8.24. The minimum Gasteiger partial charge on any atom is -0.481 e. The van der Waals surface area contributed by atoms with Gasteiger partial charge in [-0.05, 0) is 12.8 Å². The summed E-state index contributed by atoms with van der Waals surface area (Å²) in [5, 5.41) is 8.43. The number of hydrogen-bond acceptors (Lipinski definition) is 2. The van der Waals surface area contributed by atoms with Crippen molar-refractivity contribution in [1.29, 1.82) is 0 Å². The molecule has 0 spiro atoms. The molecule has 11 heavy (non-hydrogen) atoms. The van der Waals surface area contributed by atoms with E-state index in [1.807, 2.05) is 0 Å². The zero-order valence-corrected chi connectivity index (χ0v) is 6.38. The molecule has 1 atom stereocenters.